The highest BCUT2D eigenvalue weighted by Gasteiger charge is 2.03. The van der Waals surface area contributed by atoms with E-state index in [0.717, 1.165) is 28.3 Å². The molecule has 0 bridgehead atoms. The lowest BCUT2D eigenvalue weighted by Gasteiger charge is -2.11. The maximum atomic E-state index is 5.33. The molecule has 0 unspecified atom stereocenters. The summed E-state index contributed by atoms with van der Waals surface area (Å²) < 4.78 is 6.34. The molecule has 0 atom stereocenters. The molecule has 0 aliphatic rings. The van der Waals surface area contributed by atoms with E-state index in [1.54, 1.807) is 13.2 Å². The van der Waals surface area contributed by atoms with E-state index < -0.39 is 0 Å². The van der Waals surface area contributed by atoms with E-state index in [4.69, 9.17) is 4.74 Å². The lowest BCUT2D eigenvalue weighted by Crippen LogP contribution is -2.37. The summed E-state index contributed by atoms with van der Waals surface area (Å²) >= 11 is 3.46. The van der Waals surface area contributed by atoms with Crippen LogP contribution in [0.1, 0.15) is 12.5 Å². The van der Waals surface area contributed by atoms with Crippen LogP contribution in [0.2, 0.25) is 0 Å². The van der Waals surface area contributed by atoms with Crippen LogP contribution in [0.25, 0.3) is 0 Å². The van der Waals surface area contributed by atoms with Crippen molar-refractivity contribution in [2.45, 2.75) is 13.5 Å². The van der Waals surface area contributed by atoms with Gasteiger partial charge in [0, 0.05) is 23.1 Å². The van der Waals surface area contributed by atoms with Gasteiger partial charge in [-0.2, -0.15) is 0 Å². The second kappa shape index (κ2) is 11.0. The summed E-state index contributed by atoms with van der Waals surface area (Å²) in [6, 6.07) is 5.89. The van der Waals surface area contributed by atoms with Gasteiger partial charge in [-0.15, -0.1) is 30.6 Å². The molecule has 1 rings (SSSR count). The number of aliphatic imine (C=N–C) groups is 1. The molecule has 2 N–H and O–H groups in total. The molecular weight excluding hydrogens is 433 g/mol. The van der Waals surface area contributed by atoms with Crippen molar-refractivity contribution in [1.82, 2.24) is 10.6 Å². The summed E-state index contributed by atoms with van der Waals surface area (Å²) in [6.07, 6.45) is 1.80. The average Bonchev–Trinajstić information content (AvgIpc) is 2.42. The van der Waals surface area contributed by atoms with Crippen LogP contribution in [0, 0.1) is 0 Å². The van der Waals surface area contributed by atoms with Gasteiger partial charge in [0.1, 0.15) is 5.75 Å². The molecule has 0 heterocycles. The van der Waals surface area contributed by atoms with Gasteiger partial charge in [0.25, 0.3) is 0 Å². The van der Waals surface area contributed by atoms with Gasteiger partial charge >= 0.3 is 0 Å². The number of methoxy groups -OCH3 is 1. The van der Waals surface area contributed by atoms with E-state index in [9.17, 15) is 0 Å². The molecule has 0 fully saturated rings. The third-order valence-electron chi connectivity index (χ3n) is 2.41. The zero-order valence-corrected chi connectivity index (χ0v) is 15.7. The Morgan fingerprint density at radius 3 is 2.80 bits per heavy atom. The number of hydrogen-bond donors (Lipinski definition) is 2. The molecule has 1 aromatic rings. The largest absolute Gasteiger partial charge is 0.496 e. The molecule has 20 heavy (non-hydrogen) atoms. The van der Waals surface area contributed by atoms with Crippen LogP contribution in [0.5, 0.6) is 5.75 Å². The smallest absolute Gasteiger partial charge is 0.191 e. The molecule has 0 saturated heterocycles. The van der Waals surface area contributed by atoms with Crippen LogP contribution in [0.4, 0.5) is 0 Å². The number of benzene rings is 1. The second-order valence-corrected chi connectivity index (χ2v) is 4.74. The Morgan fingerprint density at radius 2 is 2.20 bits per heavy atom. The number of hydrogen-bond acceptors (Lipinski definition) is 2. The number of nitrogens with zero attached hydrogens (tertiary/aromatic N) is 1. The van der Waals surface area contributed by atoms with Gasteiger partial charge in [-0.05, 0) is 25.1 Å². The first kappa shape index (κ1) is 19.2. The Morgan fingerprint density at radius 1 is 1.45 bits per heavy atom. The first-order valence-electron chi connectivity index (χ1n) is 6.16. The number of ether oxygens (including phenoxy) is 1. The van der Waals surface area contributed by atoms with Crippen molar-refractivity contribution in [2.24, 2.45) is 4.99 Å². The van der Waals surface area contributed by atoms with Crippen LogP contribution in [0.15, 0.2) is 40.3 Å². The number of nitrogens with one attached hydrogen (secondary N) is 2. The van der Waals surface area contributed by atoms with Crippen LogP contribution in [0.3, 0.4) is 0 Å². The predicted octanol–water partition coefficient (Wildman–Crippen LogP) is 3.32. The highest BCUT2D eigenvalue weighted by Crippen LogP contribution is 2.23. The molecular formula is C14H21BrIN3O. The molecule has 6 heteroatoms. The van der Waals surface area contributed by atoms with E-state index in [2.05, 4.69) is 38.1 Å². The van der Waals surface area contributed by atoms with E-state index in [1.165, 1.54) is 0 Å². The van der Waals surface area contributed by atoms with Crippen molar-refractivity contribution < 1.29 is 4.74 Å². The Hall–Kier alpha value is -0.760. The summed E-state index contributed by atoms with van der Waals surface area (Å²) in [7, 11) is 1.66. The van der Waals surface area contributed by atoms with Crippen molar-refractivity contribution in [3.8, 4) is 5.75 Å². The van der Waals surface area contributed by atoms with Gasteiger partial charge in [-0.25, -0.2) is 4.99 Å². The second-order valence-electron chi connectivity index (χ2n) is 3.82. The maximum absolute atomic E-state index is 5.33. The average molecular weight is 454 g/mol. The Bertz CT molecular complexity index is 452. The van der Waals surface area contributed by atoms with Crippen molar-refractivity contribution in [3.05, 3.63) is 40.9 Å². The molecule has 0 aliphatic carbocycles. The van der Waals surface area contributed by atoms with Crippen LogP contribution >= 0.6 is 39.9 Å². The van der Waals surface area contributed by atoms with Crippen molar-refractivity contribution in [3.63, 3.8) is 0 Å². The summed E-state index contributed by atoms with van der Waals surface area (Å²) in [5, 5.41) is 6.34. The highest BCUT2D eigenvalue weighted by atomic mass is 127. The lowest BCUT2D eigenvalue weighted by molar-refractivity contribution is 0.409. The van der Waals surface area contributed by atoms with Gasteiger partial charge in [-0.3, -0.25) is 0 Å². The molecule has 0 saturated carbocycles. The first-order chi connectivity index (χ1) is 9.21. The van der Waals surface area contributed by atoms with Gasteiger partial charge in [0.15, 0.2) is 5.96 Å². The minimum atomic E-state index is 0. The SMILES string of the molecule is C=CCNC(=NCc1cc(Br)ccc1OC)NCC.I. The minimum absolute atomic E-state index is 0. The fourth-order valence-corrected chi connectivity index (χ4v) is 1.95. The topological polar surface area (TPSA) is 45.7 Å². The van der Waals surface area contributed by atoms with Gasteiger partial charge in [-0.1, -0.05) is 22.0 Å². The zero-order chi connectivity index (χ0) is 14.1. The third kappa shape index (κ3) is 6.60. The normalized spacial score (nSPS) is 10.4. The Kier molecular flexibility index (Phi) is 10.5. The minimum Gasteiger partial charge on any atom is -0.496 e. The van der Waals surface area contributed by atoms with Gasteiger partial charge in [0.2, 0.25) is 0 Å². The first-order valence-corrected chi connectivity index (χ1v) is 6.96. The molecule has 4 nitrogen and oxygen atoms in total. The molecule has 0 radical (unpaired) electrons. The standard InChI is InChI=1S/C14H20BrN3O.HI/c1-4-8-17-14(16-5-2)18-10-11-9-12(15)6-7-13(11)19-3;/h4,6-7,9H,1,5,8,10H2,2-3H3,(H2,16,17,18);1H. The molecule has 1 aromatic carbocycles. The maximum Gasteiger partial charge on any atom is 0.191 e. The summed E-state index contributed by atoms with van der Waals surface area (Å²) in [5.41, 5.74) is 1.03. The van der Waals surface area contributed by atoms with Crippen molar-refractivity contribution in [2.75, 3.05) is 20.2 Å². The lowest BCUT2D eigenvalue weighted by atomic mass is 10.2. The monoisotopic (exact) mass is 453 g/mol. The molecule has 0 aliphatic heterocycles. The predicted molar refractivity (Wildman–Crippen MR) is 99.1 cm³/mol. The number of rotatable bonds is 6. The van der Waals surface area contributed by atoms with E-state index in [1.807, 2.05) is 25.1 Å². The fourth-order valence-electron chi connectivity index (χ4n) is 1.55. The van der Waals surface area contributed by atoms with E-state index >= 15 is 0 Å². The van der Waals surface area contributed by atoms with Crippen molar-refractivity contribution >= 4 is 45.9 Å². The van der Waals surface area contributed by atoms with Crippen LogP contribution < -0.4 is 15.4 Å². The third-order valence-corrected chi connectivity index (χ3v) is 2.90. The summed E-state index contributed by atoms with van der Waals surface area (Å²) in [6.45, 7) is 7.76. The zero-order valence-electron chi connectivity index (χ0n) is 11.8. The Labute approximate surface area is 146 Å². The fraction of sp³-hybridized carbons (Fsp3) is 0.357. The van der Waals surface area contributed by atoms with E-state index in [0.29, 0.717) is 13.1 Å². The molecule has 0 spiro atoms. The number of guanidine groups is 1. The Balaban J connectivity index is 0.00000361. The molecule has 0 amide bonds. The quantitative estimate of drug-likeness (QED) is 0.300. The van der Waals surface area contributed by atoms with Crippen LogP contribution in [-0.4, -0.2) is 26.2 Å². The number of halogens is 2. The van der Waals surface area contributed by atoms with Gasteiger partial charge in [0.05, 0.1) is 13.7 Å². The van der Waals surface area contributed by atoms with Gasteiger partial charge < -0.3 is 15.4 Å². The van der Waals surface area contributed by atoms with Crippen molar-refractivity contribution in [1.29, 1.82) is 0 Å². The molecule has 112 valence electrons. The summed E-state index contributed by atoms with van der Waals surface area (Å²) in [5.74, 6) is 1.61. The van der Waals surface area contributed by atoms with Crippen LogP contribution in [-0.2, 0) is 6.54 Å². The highest BCUT2D eigenvalue weighted by molar-refractivity contribution is 14.0. The van der Waals surface area contributed by atoms with E-state index in [-0.39, 0.29) is 24.0 Å². The molecule has 0 aromatic heterocycles. The summed E-state index contributed by atoms with van der Waals surface area (Å²) in [4.78, 5) is 4.52.